The van der Waals surface area contributed by atoms with Crippen molar-refractivity contribution in [2.45, 2.75) is 37.8 Å². The third-order valence-corrected chi connectivity index (χ3v) is 5.14. The number of carbonyl (C=O) groups is 1. The predicted molar refractivity (Wildman–Crippen MR) is 102 cm³/mol. The van der Waals surface area contributed by atoms with Crippen LogP contribution in [-0.4, -0.2) is 26.5 Å². The first-order chi connectivity index (χ1) is 12.7. The smallest absolute Gasteiger partial charge is 0.265 e. The van der Waals surface area contributed by atoms with Crippen LogP contribution in [-0.2, 0) is 14.8 Å². The zero-order chi connectivity index (χ0) is 20.0. The van der Waals surface area contributed by atoms with Gasteiger partial charge in [-0.15, -0.1) is 0 Å². The van der Waals surface area contributed by atoms with Crippen molar-refractivity contribution in [1.82, 2.24) is 4.72 Å². The Labute approximate surface area is 159 Å². The predicted octanol–water partition coefficient (Wildman–Crippen LogP) is 2.65. The van der Waals surface area contributed by atoms with Crippen LogP contribution in [0, 0.1) is 11.3 Å². The van der Waals surface area contributed by atoms with E-state index in [0.29, 0.717) is 17.0 Å². The summed E-state index contributed by atoms with van der Waals surface area (Å²) in [6.45, 7) is 5.06. The average molecular weight is 387 g/mol. The van der Waals surface area contributed by atoms with E-state index >= 15 is 0 Å². The van der Waals surface area contributed by atoms with E-state index in [-0.39, 0.29) is 10.9 Å². The quantitative estimate of drug-likeness (QED) is 0.759. The Balaban J connectivity index is 2.01. The van der Waals surface area contributed by atoms with Gasteiger partial charge in [0.05, 0.1) is 16.5 Å². The average Bonchev–Trinajstić information content (AvgIpc) is 2.61. The van der Waals surface area contributed by atoms with Crippen molar-refractivity contribution in [2.75, 3.05) is 5.32 Å². The Morgan fingerprint density at radius 2 is 1.78 bits per heavy atom. The Hall–Kier alpha value is -2.89. The van der Waals surface area contributed by atoms with Crippen molar-refractivity contribution < 1.29 is 17.9 Å². The van der Waals surface area contributed by atoms with E-state index in [1.807, 2.05) is 6.07 Å². The van der Waals surface area contributed by atoms with Crippen LogP contribution in [0.4, 0.5) is 5.69 Å². The molecule has 0 radical (unpaired) electrons. The number of anilines is 1. The first-order valence-corrected chi connectivity index (χ1v) is 9.79. The lowest BCUT2D eigenvalue weighted by molar-refractivity contribution is -0.122. The molecule has 2 aromatic carbocycles. The molecule has 0 aliphatic heterocycles. The van der Waals surface area contributed by atoms with Crippen LogP contribution in [0.15, 0.2) is 53.4 Å². The minimum Gasteiger partial charge on any atom is -0.481 e. The molecule has 1 amide bonds. The molecule has 142 valence electrons. The Kier molecular flexibility index (Phi) is 6.55. The highest BCUT2D eigenvalue weighted by atomic mass is 32.2. The largest absolute Gasteiger partial charge is 0.481 e. The molecule has 2 rings (SSSR count). The van der Waals surface area contributed by atoms with Crippen LogP contribution in [0.3, 0.4) is 0 Å². The topological polar surface area (TPSA) is 108 Å². The summed E-state index contributed by atoms with van der Waals surface area (Å²) in [5.74, 6) is 0.0196. The summed E-state index contributed by atoms with van der Waals surface area (Å²) in [4.78, 5) is 12.4. The lowest BCUT2D eigenvalue weighted by atomic mass is 10.2. The molecule has 1 atom stereocenters. The van der Waals surface area contributed by atoms with Crippen LogP contribution in [0.25, 0.3) is 0 Å². The fourth-order valence-electron chi connectivity index (χ4n) is 2.24. The molecule has 7 nitrogen and oxygen atoms in total. The molecular weight excluding hydrogens is 366 g/mol. The van der Waals surface area contributed by atoms with E-state index in [1.54, 1.807) is 45.0 Å². The van der Waals surface area contributed by atoms with Crippen LogP contribution in [0.1, 0.15) is 26.3 Å². The number of hydrogen-bond acceptors (Lipinski definition) is 5. The minimum atomic E-state index is -3.58. The number of ether oxygens (including phenoxy) is 1. The van der Waals surface area contributed by atoms with Gasteiger partial charge >= 0.3 is 0 Å². The van der Waals surface area contributed by atoms with Gasteiger partial charge in [0.15, 0.2) is 6.10 Å². The number of nitrogens with one attached hydrogen (secondary N) is 2. The SMILES string of the molecule is CC(C)NS(=O)(=O)c1ccc(NC(=O)[C@@H](C)Oc2cccc(C#N)c2)cc1. The highest BCUT2D eigenvalue weighted by molar-refractivity contribution is 7.89. The van der Waals surface area contributed by atoms with Gasteiger partial charge in [0.1, 0.15) is 5.75 Å². The number of nitrogens with zero attached hydrogens (tertiary/aromatic N) is 1. The van der Waals surface area contributed by atoms with Gasteiger partial charge in [-0.3, -0.25) is 4.79 Å². The van der Waals surface area contributed by atoms with Gasteiger partial charge in [0.25, 0.3) is 5.91 Å². The first kappa shape index (κ1) is 20.4. The molecule has 0 bridgehead atoms. The summed E-state index contributed by atoms with van der Waals surface area (Å²) >= 11 is 0. The molecule has 8 heteroatoms. The second-order valence-corrected chi connectivity index (χ2v) is 7.90. The molecule has 0 unspecified atom stereocenters. The Bertz CT molecular complexity index is 948. The van der Waals surface area contributed by atoms with E-state index in [9.17, 15) is 13.2 Å². The maximum atomic E-state index is 12.3. The highest BCUT2D eigenvalue weighted by Crippen LogP contribution is 2.17. The number of rotatable bonds is 7. The van der Waals surface area contributed by atoms with Gasteiger partial charge in [-0.05, 0) is 63.2 Å². The van der Waals surface area contributed by atoms with Crippen LogP contribution in [0.2, 0.25) is 0 Å². The summed E-state index contributed by atoms with van der Waals surface area (Å²) in [6, 6.07) is 14.2. The van der Waals surface area contributed by atoms with Crippen LogP contribution < -0.4 is 14.8 Å². The van der Waals surface area contributed by atoms with E-state index in [0.717, 1.165) is 0 Å². The molecule has 0 spiro atoms. The molecule has 0 heterocycles. The van der Waals surface area contributed by atoms with Gasteiger partial charge in [0.2, 0.25) is 10.0 Å². The van der Waals surface area contributed by atoms with Gasteiger partial charge in [-0.2, -0.15) is 5.26 Å². The fourth-order valence-corrected chi connectivity index (χ4v) is 3.49. The second-order valence-electron chi connectivity index (χ2n) is 6.19. The molecular formula is C19H21N3O4S. The summed E-state index contributed by atoms with van der Waals surface area (Å²) in [5.41, 5.74) is 0.886. The number of amides is 1. The molecule has 2 N–H and O–H groups in total. The number of nitriles is 1. The standard InChI is InChI=1S/C19H21N3O4S/c1-13(2)22-27(24,25)18-9-7-16(8-10-18)21-19(23)14(3)26-17-6-4-5-15(11-17)12-20/h4-11,13-14,22H,1-3H3,(H,21,23)/t14-/m1/s1. The van der Waals surface area contributed by atoms with E-state index in [2.05, 4.69) is 10.0 Å². The van der Waals surface area contributed by atoms with Crippen molar-refractivity contribution in [2.24, 2.45) is 0 Å². The molecule has 0 aromatic heterocycles. The van der Waals surface area contributed by atoms with Crippen molar-refractivity contribution in [3.8, 4) is 11.8 Å². The molecule has 0 fully saturated rings. The summed E-state index contributed by atoms with van der Waals surface area (Å²) in [6.07, 6.45) is -0.801. The van der Waals surface area contributed by atoms with E-state index < -0.39 is 22.0 Å². The fraction of sp³-hybridized carbons (Fsp3) is 0.263. The van der Waals surface area contributed by atoms with Crippen molar-refractivity contribution in [3.63, 3.8) is 0 Å². The van der Waals surface area contributed by atoms with Crippen molar-refractivity contribution >= 4 is 21.6 Å². The zero-order valence-corrected chi connectivity index (χ0v) is 16.1. The number of sulfonamides is 1. The Morgan fingerprint density at radius 3 is 2.37 bits per heavy atom. The first-order valence-electron chi connectivity index (χ1n) is 8.31. The zero-order valence-electron chi connectivity index (χ0n) is 15.3. The molecule has 27 heavy (non-hydrogen) atoms. The second kappa shape index (κ2) is 8.66. The molecule has 0 aliphatic carbocycles. The summed E-state index contributed by atoms with van der Waals surface area (Å²) in [7, 11) is -3.58. The van der Waals surface area contributed by atoms with Gasteiger partial charge in [-0.1, -0.05) is 6.07 Å². The summed E-state index contributed by atoms with van der Waals surface area (Å²) < 4.78 is 32.2. The molecule has 0 saturated carbocycles. The molecule has 0 aliphatic rings. The van der Waals surface area contributed by atoms with Gasteiger partial charge in [-0.25, -0.2) is 13.1 Å². The van der Waals surface area contributed by atoms with Gasteiger partial charge < -0.3 is 10.1 Å². The third-order valence-electron chi connectivity index (χ3n) is 3.47. The maximum absolute atomic E-state index is 12.3. The monoisotopic (exact) mass is 387 g/mol. The normalized spacial score (nSPS) is 12.3. The lowest BCUT2D eigenvalue weighted by Crippen LogP contribution is -2.31. The van der Waals surface area contributed by atoms with Gasteiger partial charge in [0, 0.05) is 11.7 Å². The summed E-state index contributed by atoms with van der Waals surface area (Å²) in [5, 5.41) is 11.6. The number of benzene rings is 2. The van der Waals surface area contributed by atoms with Crippen LogP contribution >= 0.6 is 0 Å². The minimum absolute atomic E-state index is 0.117. The molecule has 0 saturated heterocycles. The maximum Gasteiger partial charge on any atom is 0.265 e. The van der Waals surface area contributed by atoms with E-state index in [1.165, 1.54) is 24.3 Å². The lowest BCUT2D eigenvalue weighted by Gasteiger charge is -2.15. The Morgan fingerprint density at radius 1 is 1.11 bits per heavy atom. The van der Waals surface area contributed by atoms with E-state index in [4.69, 9.17) is 10.00 Å². The number of carbonyl (C=O) groups excluding carboxylic acids is 1. The van der Waals surface area contributed by atoms with Crippen LogP contribution in [0.5, 0.6) is 5.75 Å². The van der Waals surface area contributed by atoms with Crippen molar-refractivity contribution in [1.29, 1.82) is 5.26 Å². The highest BCUT2D eigenvalue weighted by Gasteiger charge is 2.17. The number of hydrogen-bond donors (Lipinski definition) is 2. The van der Waals surface area contributed by atoms with Crippen molar-refractivity contribution in [3.05, 3.63) is 54.1 Å². The molecule has 2 aromatic rings. The third kappa shape index (κ3) is 5.81.